The Bertz CT molecular complexity index is 276. The average molecular weight is 211 g/mol. The highest BCUT2D eigenvalue weighted by atomic mass is 16.5. The van der Waals surface area contributed by atoms with Crippen LogP contribution in [-0.2, 0) is 9.53 Å². The monoisotopic (exact) mass is 211 g/mol. The van der Waals surface area contributed by atoms with Crippen LogP contribution in [0.5, 0.6) is 0 Å². The molecule has 0 aliphatic heterocycles. The quantitative estimate of drug-likeness (QED) is 0.311. The Morgan fingerprint density at radius 1 is 1.60 bits per heavy atom. The van der Waals surface area contributed by atoms with Crippen molar-refractivity contribution in [3.05, 3.63) is 10.4 Å². The number of hydrogen-bond acceptors (Lipinski definition) is 3. The number of ether oxygens (including phenoxy) is 1. The van der Waals surface area contributed by atoms with Gasteiger partial charge in [-0.25, -0.2) is 0 Å². The fraction of sp³-hybridized carbons (Fsp3) is 0.900. The first-order valence-electron chi connectivity index (χ1n) is 5.34. The van der Waals surface area contributed by atoms with E-state index in [1.165, 1.54) is 0 Å². The lowest BCUT2D eigenvalue weighted by Gasteiger charge is -2.33. The van der Waals surface area contributed by atoms with E-state index in [4.69, 9.17) is 10.3 Å². The highest BCUT2D eigenvalue weighted by Gasteiger charge is 2.38. The third-order valence-corrected chi connectivity index (χ3v) is 3.04. The minimum atomic E-state index is -0.377. The summed E-state index contributed by atoms with van der Waals surface area (Å²) < 4.78 is 5.04. The largest absolute Gasteiger partial charge is 0.466 e. The zero-order valence-corrected chi connectivity index (χ0v) is 9.27. The average Bonchev–Trinajstić information content (AvgIpc) is 2.22. The van der Waals surface area contributed by atoms with Gasteiger partial charge >= 0.3 is 5.97 Å². The number of nitrogens with zero attached hydrogens (tertiary/aromatic N) is 3. The first-order valence-corrected chi connectivity index (χ1v) is 5.34. The van der Waals surface area contributed by atoms with E-state index in [0.717, 1.165) is 25.7 Å². The minimum Gasteiger partial charge on any atom is -0.466 e. The second kappa shape index (κ2) is 5.03. The molecule has 5 heteroatoms. The van der Waals surface area contributed by atoms with Crippen LogP contribution < -0.4 is 0 Å². The molecule has 0 radical (unpaired) electrons. The Hall–Kier alpha value is -1.22. The van der Waals surface area contributed by atoms with Gasteiger partial charge in [0.05, 0.1) is 12.0 Å². The van der Waals surface area contributed by atoms with Crippen LogP contribution in [0.2, 0.25) is 0 Å². The van der Waals surface area contributed by atoms with Gasteiger partial charge in [0, 0.05) is 11.0 Å². The number of rotatable bonds is 3. The maximum Gasteiger partial charge on any atom is 0.311 e. The molecule has 0 N–H and O–H groups in total. The summed E-state index contributed by atoms with van der Waals surface area (Å²) >= 11 is 0. The van der Waals surface area contributed by atoms with Gasteiger partial charge in [-0.1, -0.05) is 5.11 Å². The molecule has 5 nitrogen and oxygen atoms in total. The number of azide groups is 1. The summed E-state index contributed by atoms with van der Waals surface area (Å²) in [5.74, 6) is -0.121. The topological polar surface area (TPSA) is 75.1 Å². The molecule has 84 valence electrons. The molecule has 1 fully saturated rings. The van der Waals surface area contributed by atoms with Crippen molar-refractivity contribution in [1.82, 2.24) is 0 Å². The van der Waals surface area contributed by atoms with Crippen molar-refractivity contribution < 1.29 is 9.53 Å². The molecular formula is C10H17N3O2. The lowest BCUT2D eigenvalue weighted by molar-refractivity contribution is -0.156. The molecule has 0 unspecified atom stereocenters. The zero-order chi connectivity index (χ0) is 11.3. The molecule has 0 aromatic rings. The Labute approximate surface area is 89.4 Å². The Kier molecular flexibility index (Phi) is 3.97. The minimum absolute atomic E-state index is 0.0532. The molecule has 0 saturated heterocycles. The van der Waals surface area contributed by atoms with Crippen molar-refractivity contribution in [3.8, 4) is 0 Å². The zero-order valence-electron chi connectivity index (χ0n) is 9.27. The molecule has 1 aliphatic rings. The summed E-state index contributed by atoms with van der Waals surface area (Å²) in [7, 11) is 0. The van der Waals surface area contributed by atoms with Gasteiger partial charge < -0.3 is 4.74 Å². The molecule has 0 spiro atoms. The Morgan fingerprint density at radius 2 is 2.20 bits per heavy atom. The Morgan fingerprint density at radius 3 is 2.67 bits per heavy atom. The lowest BCUT2D eigenvalue weighted by Crippen LogP contribution is -2.35. The molecule has 15 heavy (non-hydrogen) atoms. The molecular weight excluding hydrogens is 194 g/mol. The summed E-state index contributed by atoms with van der Waals surface area (Å²) in [6.07, 6.45) is 3.05. The Balaban J connectivity index is 2.53. The number of carbonyl (C=O) groups is 1. The van der Waals surface area contributed by atoms with Crippen molar-refractivity contribution in [2.75, 3.05) is 6.61 Å². The molecule has 0 aromatic carbocycles. The normalized spacial score (nSPS) is 30.4. The van der Waals surface area contributed by atoms with Gasteiger partial charge in [0.2, 0.25) is 0 Å². The molecule has 0 bridgehead atoms. The third-order valence-electron chi connectivity index (χ3n) is 3.04. The van der Waals surface area contributed by atoms with Crippen molar-refractivity contribution in [2.24, 2.45) is 10.5 Å². The smallest absolute Gasteiger partial charge is 0.311 e. The van der Waals surface area contributed by atoms with Crippen LogP contribution in [0.15, 0.2) is 5.11 Å². The second-order valence-corrected chi connectivity index (χ2v) is 4.22. The van der Waals surface area contributed by atoms with Crippen molar-refractivity contribution in [3.63, 3.8) is 0 Å². The fourth-order valence-corrected chi connectivity index (χ4v) is 1.94. The van der Waals surface area contributed by atoms with Gasteiger partial charge in [-0.2, -0.15) is 0 Å². The summed E-state index contributed by atoms with van der Waals surface area (Å²) in [6.45, 7) is 4.17. The van der Waals surface area contributed by atoms with E-state index < -0.39 is 0 Å². The van der Waals surface area contributed by atoms with Gasteiger partial charge in [0.25, 0.3) is 0 Å². The first kappa shape index (κ1) is 11.9. The fourth-order valence-electron chi connectivity index (χ4n) is 1.94. The van der Waals surface area contributed by atoms with E-state index in [1.54, 1.807) is 0 Å². The summed E-state index contributed by atoms with van der Waals surface area (Å²) in [5, 5.41) is 3.68. The summed E-state index contributed by atoms with van der Waals surface area (Å²) in [5.41, 5.74) is 7.93. The van der Waals surface area contributed by atoms with Crippen molar-refractivity contribution in [2.45, 2.75) is 45.6 Å². The summed E-state index contributed by atoms with van der Waals surface area (Å²) in [4.78, 5) is 14.5. The number of esters is 1. The van der Waals surface area contributed by atoms with Gasteiger partial charge in [0.15, 0.2) is 0 Å². The van der Waals surface area contributed by atoms with E-state index >= 15 is 0 Å². The second-order valence-electron chi connectivity index (χ2n) is 4.22. The molecule has 0 atom stereocenters. The van der Waals surface area contributed by atoms with Crippen LogP contribution in [0.3, 0.4) is 0 Å². The molecule has 1 aliphatic carbocycles. The maximum absolute atomic E-state index is 11.7. The third kappa shape index (κ3) is 2.86. The SMILES string of the molecule is CCOC(=O)C1(C)CCC(N=[N+]=[N-])CC1. The molecule has 0 amide bonds. The van der Waals surface area contributed by atoms with Crippen molar-refractivity contribution in [1.29, 1.82) is 0 Å². The highest BCUT2D eigenvalue weighted by Crippen LogP contribution is 2.38. The lowest BCUT2D eigenvalue weighted by atomic mass is 9.74. The van der Waals surface area contributed by atoms with Crippen LogP contribution in [-0.4, -0.2) is 18.6 Å². The van der Waals surface area contributed by atoms with E-state index in [0.29, 0.717) is 6.61 Å². The van der Waals surface area contributed by atoms with Gasteiger partial charge in [-0.15, -0.1) is 0 Å². The maximum atomic E-state index is 11.7. The van der Waals surface area contributed by atoms with E-state index in [1.807, 2.05) is 13.8 Å². The predicted molar refractivity (Wildman–Crippen MR) is 56.1 cm³/mol. The van der Waals surface area contributed by atoms with Gasteiger partial charge in [0.1, 0.15) is 0 Å². The predicted octanol–water partition coefficient (Wildman–Crippen LogP) is 2.81. The van der Waals surface area contributed by atoms with Crippen LogP contribution in [0.4, 0.5) is 0 Å². The molecule has 0 aromatic heterocycles. The summed E-state index contributed by atoms with van der Waals surface area (Å²) in [6, 6.07) is 0.0532. The molecule has 1 rings (SSSR count). The molecule has 0 heterocycles. The van der Waals surface area contributed by atoms with E-state index in [-0.39, 0.29) is 17.4 Å². The van der Waals surface area contributed by atoms with Crippen LogP contribution in [0.25, 0.3) is 10.4 Å². The number of hydrogen-bond donors (Lipinski definition) is 0. The van der Waals surface area contributed by atoms with Crippen LogP contribution >= 0.6 is 0 Å². The van der Waals surface area contributed by atoms with Gasteiger partial charge in [-0.05, 0) is 45.1 Å². The molecule has 1 saturated carbocycles. The van der Waals surface area contributed by atoms with Crippen LogP contribution in [0.1, 0.15) is 39.5 Å². The van der Waals surface area contributed by atoms with Gasteiger partial charge in [-0.3, -0.25) is 4.79 Å². The van der Waals surface area contributed by atoms with Crippen LogP contribution in [0, 0.1) is 5.41 Å². The number of carbonyl (C=O) groups excluding carboxylic acids is 1. The van der Waals surface area contributed by atoms with Crippen molar-refractivity contribution >= 4 is 5.97 Å². The van der Waals surface area contributed by atoms with E-state index in [9.17, 15) is 4.79 Å². The standard InChI is InChI=1S/C10H17N3O2/c1-3-15-9(14)10(2)6-4-8(5-7-10)12-13-11/h8H,3-7H2,1-2H3. The highest BCUT2D eigenvalue weighted by molar-refractivity contribution is 5.76. The first-order chi connectivity index (χ1) is 7.12. The van der Waals surface area contributed by atoms with E-state index in [2.05, 4.69) is 10.0 Å².